The van der Waals surface area contributed by atoms with E-state index in [9.17, 15) is 0 Å². The third-order valence-corrected chi connectivity index (χ3v) is 5.60. The van der Waals surface area contributed by atoms with E-state index in [1.54, 1.807) is 0 Å². The van der Waals surface area contributed by atoms with Crippen molar-refractivity contribution in [2.45, 2.75) is 71.6 Å². The molecule has 2 rings (SSSR count). The van der Waals surface area contributed by atoms with Crippen LogP contribution in [0.1, 0.15) is 70.5 Å². The molecule has 2 unspecified atom stereocenters. The number of hydrogen-bond donors (Lipinski definition) is 1. The molecule has 0 aromatic carbocycles. The molecular formula is C18H32N2S. The molecule has 1 heterocycles. The first kappa shape index (κ1) is 17.0. The Morgan fingerprint density at radius 2 is 1.90 bits per heavy atom. The minimum atomic E-state index is 0.182. The Hall–Kier alpha value is -0.410. The van der Waals surface area contributed by atoms with E-state index in [0.29, 0.717) is 0 Å². The van der Waals surface area contributed by atoms with E-state index in [0.717, 1.165) is 18.4 Å². The standard InChI is InChI=1S/C18H32N2S/c1-5-19-12-15-10-8-6-7-9-14(15)11-17-20-16(13-21-17)18(2,3)4/h13-15,19H,5-12H2,1-4H3. The van der Waals surface area contributed by atoms with Crippen molar-refractivity contribution in [2.75, 3.05) is 13.1 Å². The van der Waals surface area contributed by atoms with Crippen LogP contribution < -0.4 is 5.32 Å². The van der Waals surface area contributed by atoms with Crippen molar-refractivity contribution >= 4 is 11.3 Å². The third-order valence-electron chi connectivity index (χ3n) is 4.73. The molecule has 2 atom stereocenters. The van der Waals surface area contributed by atoms with Gasteiger partial charge in [-0.15, -0.1) is 11.3 Å². The lowest BCUT2D eigenvalue weighted by atomic mass is 9.85. The number of nitrogens with one attached hydrogen (secondary N) is 1. The summed E-state index contributed by atoms with van der Waals surface area (Å²) in [5.74, 6) is 1.67. The van der Waals surface area contributed by atoms with E-state index < -0.39 is 0 Å². The molecule has 2 nitrogen and oxygen atoms in total. The van der Waals surface area contributed by atoms with Crippen molar-refractivity contribution in [3.63, 3.8) is 0 Å². The topological polar surface area (TPSA) is 24.9 Å². The summed E-state index contributed by atoms with van der Waals surface area (Å²) in [6.07, 6.45) is 8.22. The maximum Gasteiger partial charge on any atom is 0.0931 e. The fraction of sp³-hybridized carbons (Fsp3) is 0.833. The van der Waals surface area contributed by atoms with Crippen molar-refractivity contribution in [3.05, 3.63) is 16.1 Å². The van der Waals surface area contributed by atoms with Gasteiger partial charge in [0.15, 0.2) is 0 Å². The molecular weight excluding hydrogens is 276 g/mol. The monoisotopic (exact) mass is 308 g/mol. The summed E-state index contributed by atoms with van der Waals surface area (Å²) in [7, 11) is 0. The maximum absolute atomic E-state index is 4.92. The lowest BCUT2D eigenvalue weighted by molar-refractivity contribution is 0.299. The summed E-state index contributed by atoms with van der Waals surface area (Å²) in [5.41, 5.74) is 1.45. The van der Waals surface area contributed by atoms with E-state index >= 15 is 0 Å². The lowest BCUT2D eigenvalue weighted by Crippen LogP contribution is -2.28. The molecule has 0 spiro atoms. The van der Waals surface area contributed by atoms with Gasteiger partial charge in [0.1, 0.15) is 0 Å². The Labute approximate surface area is 134 Å². The Morgan fingerprint density at radius 3 is 2.52 bits per heavy atom. The van der Waals surface area contributed by atoms with Crippen LogP contribution in [0.5, 0.6) is 0 Å². The molecule has 0 radical (unpaired) electrons. The van der Waals surface area contributed by atoms with Gasteiger partial charge in [0, 0.05) is 17.2 Å². The first-order chi connectivity index (χ1) is 10.0. The molecule has 3 heteroatoms. The van der Waals surface area contributed by atoms with Crippen LogP contribution in [0.25, 0.3) is 0 Å². The van der Waals surface area contributed by atoms with Crippen LogP contribution in [0, 0.1) is 11.8 Å². The highest BCUT2D eigenvalue weighted by atomic mass is 32.1. The van der Waals surface area contributed by atoms with Gasteiger partial charge in [0.25, 0.3) is 0 Å². The molecule has 0 bridgehead atoms. The normalized spacial score (nSPS) is 24.0. The van der Waals surface area contributed by atoms with Gasteiger partial charge < -0.3 is 5.32 Å². The Morgan fingerprint density at radius 1 is 1.19 bits per heavy atom. The summed E-state index contributed by atoms with van der Waals surface area (Å²) >= 11 is 1.87. The van der Waals surface area contributed by atoms with E-state index in [1.807, 2.05) is 11.3 Å². The van der Waals surface area contributed by atoms with Gasteiger partial charge in [-0.1, -0.05) is 47.0 Å². The first-order valence-electron chi connectivity index (χ1n) is 8.66. The first-order valence-corrected chi connectivity index (χ1v) is 9.54. The summed E-state index contributed by atoms with van der Waals surface area (Å²) in [4.78, 5) is 4.92. The second-order valence-electron chi connectivity index (χ2n) is 7.55. The van der Waals surface area contributed by atoms with Crippen molar-refractivity contribution in [3.8, 4) is 0 Å². The number of hydrogen-bond acceptors (Lipinski definition) is 3. The van der Waals surface area contributed by atoms with Crippen molar-refractivity contribution in [2.24, 2.45) is 11.8 Å². The quantitative estimate of drug-likeness (QED) is 0.791. The second-order valence-corrected chi connectivity index (χ2v) is 8.49. The summed E-state index contributed by atoms with van der Waals surface area (Å²) < 4.78 is 0. The molecule has 1 aromatic heterocycles. The van der Waals surface area contributed by atoms with Crippen LogP contribution in [-0.4, -0.2) is 18.1 Å². The van der Waals surface area contributed by atoms with E-state index in [2.05, 4.69) is 38.4 Å². The minimum Gasteiger partial charge on any atom is -0.317 e. The van der Waals surface area contributed by atoms with Gasteiger partial charge >= 0.3 is 0 Å². The minimum absolute atomic E-state index is 0.182. The average molecular weight is 309 g/mol. The Balaban J connectivity index is 2.01. The number of rotatable bonds is 5. The van der Waals surface area contributed by atoms with E-state index in [-0.39, 0.29) is 5.41 Å². The number of aromatic nitrogens is 1. The van der Waals surface area contributed by atoms with Gasteiger partial charge in [-0.2, -0.15) is 0 Å². The highest BCUT2D eigenvalue weighted by Gasteiger charge is 2.25. The number of thiazole rings is 1. The van der Waals surface area contributed by atoms with Crippen LogP contribution in [0.4, 0.5) is 0 Å². The maximum atomic E-state index is 4.92. The molecule has 1 aromatic rings. The fourth-order valence-electron chi connectivity index (χ4n) is 3.30. The molecule has 21 heavy (non-hydrogen) atoms. The van der Waals surface area contributed by atoms with E-state index in [1.165, 1.54) is 55.8 Å². The smallest absolute Gasteiger partial charge is 0.0931 e. The largest absolute Gasteiger partial charge is 0.317 e. The fourth-order valence-corrected chi connectivity index (χ4v) is 4.42. The van der Waals surface area contributed by atoms with Crippen LogP contribution in [0.15, 0.2) is 5.38 Å². The molecule has 1 saturated carbocycles. The van der Waals surface area contributed by atoms with Crippen LogP contribution >= 0.6 is 11.3 Å². The van der Waals surface area contributed by atoms with E-state index in [4.69, 9.17) is 4.98 Å². The van der Waals surface area contributed by atoms with Gasteiger partial charge in [-0.25, -0.2) is 4.98 Å². The van der Waals surface area contributed by atoms with Crippen LogP contribution in [-0.2, 0) is 11.8 Å². The summed E-state index contributed by atoms with van der Waals surface area (Å²) in [6, 6.07) is 0. The van der Waals surface area contributed by atoms with Crippen LogP contribution in [0.3, 0.4) is 0 Å². The predicted octanol–water partition coefficient (Wildman–Crippen LogP) is 4.79. The van der Waals surface area contributed by atoms with Crippen LogP contribution in [0.2, 0.25) is 0 Å². The zero-order valence-corrected chi connectivity index (χ0v) is 15.1. The molecule has 0 aliphatic heterocycles. The molecule has 120 valence electrons. The third kappa shape index (κ3) is 5.07. The molecule has 0 saturated heterocycles. The molecule has 1 aliphatic rings. The van der Waals surface area contributed by atoms with Gasteiger partial charge in [-0.05, 0) is 37.8 Å². The summed E-state index contributed by atoms with van der Waals surface area (Å²) in [6.45, 7) is 11.3. The molecule has 1 aliphatic carbocycles. The molecule has 1 fully saturated rings. The highest BCUT2D eigenvalue weighted by Crippen LogP contribution is 2.33. The van der Waals surface area contributed by atoms with Gasteiger partial charge in [-0.3, -0.25) is 0 Å². The zero-order chi connectivity index (χ0) is 15.3. The average Bonchev–Trinajstić information content (AvgIpc) is 2.79. The SMILES string of the molecule is CCNCC1CCCCCC1Cc1nc(C(C)(C)C)cs1. The van der Waals surface area contributed by atoms with Crippen molar-refractivity contribution < 1.29 is 0 Å². The predicted molar refractivity (Wildman–Crippen MR) is 93.1 cm³/mol. The van der Waals surface area contributed by atoms with Gasteiger partial charge in [0.05, 0.1) is 10.7 Å². The number of nitrogens with zero attached hydrogens (tertiary/aromatic N) is 1. The van der Waals surface area contributed by atoms with Crippen molar-refractivity contribution in [1.82, 2.24) is 10.3 Å². The molecule has 0 amide bonds. The Kier molecular flexibility index (Phi) is 6.24. The second kappa shape index (κ2) is 7.73. The zero-order valence-electron chi connectivity index (χ0n) is 14.2. The Bertz CT molecular complexity index is 419. The lowest BCUT2D eigenvalue weighted by Gasteiger charge is -2.24. The molecule has 1 N–H and O–H groups in total. The highest BCUT2D eigenvalue weighted by molar-refractivity contribution is 7.09. The summed E-state index contributed by atoms with van der Waals surface area (Å²) in [5, 5.41) is 7.20. The van der Waals surface area contributed by atoms with Crippen molar-refractivity contribution in [1.29, 1.82) is 0 Å². The van der Waals surface area contributed by atoms with Gasteiger partial charge in [0.2, 0.25) is 0 Å².